The van der Waals surface area contributed by atoms with Crippen LogP contribution in [0.5, 0.6) is 0 Å². The number of rotatable bonds is 16. The summed E-state index contributed by atoms with van der Waals surface area (Å²) >= 11 is 0. The molecule has 0 heterocycles. The Bertz CT molecular complexity index is 175. The molecule has 2 nitrogen and oxygen atoms in total. The van der Waals surface area contributed by atoms with Crippen LogP contribution >= 0.6 is 0 Å². The predicted octanol–water partition coefficient (Wildman–Crippen LogP) is 5.53. The van der Waals surface area contributed by atoms with Crippen molar-refractivity contribution in [2.45, 2.75) is 110 Å². The van der Waals surface area contributed by atoms with Crippen molar-refractivity contribution in [1.82, 2.24) is 0 Å². The van der Waals surface area contributed by atoms with Crippen LogP contribution in [0.3, 0.4) is 0 Å². The van der Waals surface area contributed by atoms with E-state index in [1.807, 2.05) is 6.29 Å². The minimum absolute atomic E-state index is 0. The van der Waals surface area contributed by atoms with Crippen LogP contribution in [0.1, 0.15) is 110 Å². The molecule has 0 aromatic rings. The predicted molar refractivity (Wildman–Crippen MR) is 88.9 cm³/mol. The molecule has 3 heteroatoms. The summed E-state index contributed by atoms with van der Waals surface area (Å²) in [6.07, 6.45) is 23.2. The van der Waals surface area contributed by atoms with Crippen LogP contribution in [-0.4, -0.2) is 11.8 Å². The first-order chi connectivity index (χ1) is 9.41. The number of unbranched alkanes of at least 4 members (excludes halogenated alkanes) is 15. The molecule has 0 radical (unpaired) electrons. The van der Waals surface area contributed by atoms with Gasteiger partial charge >= 0.3 is 0 Å². The minimum Gasteiger partial charge on any atom is -0.542 e. The van der Waals surface area contributed by atoms with Gasteiger partial charge in [-0.05, 0) is 0 Å². The first-order valence-corrected chi connectivity index (χ1v) is 8.76. The van der Waals surface area contributed by atoms with E-state index in [0.717, 1.165) is 6.42 Å². The van der Waals surface area contributed by atoms with Gasteiger partial charge in [0, 0.05) is 19.5 Å². The molecule has 0 bridgehead atoms. The van der Waals surface area contributed by atoms with Gasteiger partial charge < -0.3 is 10.3 Å². The smallest absolute Gasteiger partial charge is 0 e. The summed E-state index contributed by atoms with van der Waals surface area (Å²) in [5.41, 5.74) is 0. The Hall–Kier alpha value is 0.253. The van der Waals surface area contributed by atoms with Crippen molar-refractivity contribution in [3.8, 4) is 0 Å². The van der Waals surface area contributed by atoms with E-state index in [1.165, 1.54) is 89.9 Å². The summed E-state index contributed by atoms with van der Waals surface area (Å²) in [5.74, 6) is 0. The van der Waals surface area contributed by atoms with E-state index in [-0.39, 0.29) is 25.0 Å². The second-order valence-corrected chi connectivity index (χ2v) is 5.84. The number of hydrogen-bond acceptors (Lipinski definition) is 1. The third-order valence-electron chi connectivity index (χ3n) is 3.88. The molecule has 0 saturated heterocycles. The topological polar surface area (TPSA) is 48.6 Å². The fourth-order valence-electron chi connectivity index (χ4n) is 2.57. The van der Waals surface area contributed by atoms with E-state index in [0.29, 0.717) is 6.42 Å². The average molecular weight is 351 g/mol. The molecule has 0 aliphatic carbocycles. The van der Waals surface area contributed by atoms with E-state index >= 15 is 0 Å². The molecule has 0 spiro atoms. The van der Waals surface area contributed by atoms with Gasteiger partial charge in [-0.1, -0.05) is 103 Å². The normalized spacial score (nSPS) is 9.76. The van der Waals surface area contributed by atoms with E-state index < -0.39 is 0 Å². The van der Waals surface area contributed by atoms with E-state index in [9.17, 15) is 4.79 Å². The quantitative estimate of drug-likeness (QED) is 0.205. The van der Waals surface area contributed by atoms with E-state index in [4.69, 9.17) is 0 Å². The Morgan fingerprint density at radius 3 is 1.14 bits per heavy atom. The van der Waals surface area contributed by atoms with Gasteiger partial charge in [0.1, 0.15) is 0 Å². The van der Waals surface area contributed by atoms with Crippen molar-refractivity contribution in [2.24, 2.45) is 0 Å². The maximum Gasteiger partial charge on any atom is 0 e. The maximum atomic E-state index is 10.0. The molecule has 0 aromatic carbocycles. The van der Waals surface area contributed by atoms with Crippen LogP contribution in [0.4, 0.5) is 0 Å². The minimum atomic E-state index is 0. The standard InChI is InChI=1S/C18H35O.H2O.Zn/c1-2-3-4-5-6-7-8-9-10-11-12-13-14-15-16-17-18-19;;/h2-17H2,1H3;1H2;/q-1;;. The fraction of sp³-hybridized carbons (Fsp3) is 0.944. The molecule has 2 N–H and O–H groups in total. The van der Waals surface area contributed by atoms with Crippen molar-refractivity contribution in [3.63, 3.8) is 0 Å². The van der Waals surface area contributed by atoms with E-state index in [1.54, 1.807) is 0 Å². The monoisotopic (exact) mass is 349 g/mol. The molecule has 0 unspecified atom stereocenters. The van der Waals surface area contributed by atoms with Gasteiger partial charge in [0.25, 0.3) is 0 Å². The van der Waals surface area contributed by atoms with Gasteiger partial charge in [0.15, 0.2) is 0 Å². The third kappa shape index (κ3) is 25.5. The molecule has 0 atom stereocenters. The largest absolute Gasteiger partial charge is 0.542 e. The Balaban J connectivity index is -0.00000162. The van der Waals surface area contributed by atoms with Crippen molar-refractivity contribution in [3.05, 3.63) is 0 Å². The van der Waals surface area contributed by atoms with Crippen LogP contribution in [0.25, 0.3) is 0 Å². The molecular formula is C18H37O2Zn-. The van der Waals surface area contributed by atoms with Crippen LogP contribution in [0.15, 0.2) is 0 Å². The molecular weight excluding hydrogens is 314 g/mol. The Morgan fingerprint density at radius 2 is 0.857 bits per heavy atom. The molecule has 0 aliphatic rings. The SMILES string of the molecule is CCCCCCCCCCCCCCCCC[C-]=O.O.[Zn]. The zero-order valence-corrected chi connectivity index (χ0v) is 17.4. The summed E-state index contributed by atoms with van der Waals surface area (Å²) in [6.45, 7) is 2.28. The number of hydrogen-bond donors (Lipinski definition) is 0. The Morgan fingerprint density at radius 1 is 0.571 bits per heavy atom. The van der Waals surface area contributed by atoms with Gasteiger partial charge in [0.2, 0.25) is 0 Å². The molecule has 0 aromatic heterocycles. The van der Waals surface area contributed by atoms with Crippen LogP contribution in [0.2, 0.25) is 0 Å². The molecule has 0 amide bonds. The molecule has 0 rings (SSSR count). The van der Waals surface area contributed by atoms with Crippen molar-refractivity contribution in [1.29, 1.82) is 0 Å². The average Bonchev–Trinajstić information content (AvgIpc) is 2.43. The zero-order valence-electron chi connectivity index (χ0n) is 14.4. The zero-order chi connectivity index (χ0) is 14.0. The molecule has 0 aliphatic heterocycles. The summed E-state index contributed by atoms with van der Waals surface area (Å²) in [6, 6.07) is 0. The number of carbonyl (C=O) groups excluding carboxylic acids is 1. The van der Waals surface area contributed by atoms with Crippen LogP contribution in [-0.2, 0) is 24.3 Å². The first-order valence-electron chi connectivity index (χ1n) is 8.76. The maximum absolute atomic E-state index is 10.0. The van der Waals surface area contributed by atoms with Gasteiger partial charge in [-0.25, -0.2) is 0 Å². The van der Waals surface area contributed by atoms with Gasteiger partial charge in [-0.2, -0.15) is 6.42 Å². The molecule has 21 heavy (non-hydrogen) atoms. The van der Waals surface area contributed by atoms with Crippen molar-refractivity contribution < 1.29 is 29.7 Å². The molecule has 0 fully saturated rings. The second kappa shape index (κ2) is 25.2. The molecule has 0 saturated carbocycles. The Labute approximate surface area is 145 Å². The second-order valence-electron chi connectivity index (χ2n) is 5.84. The third-order valence-corrected chi connectivity index (χ3v) is 3.88. The van der Waals surface area contributed by atoms with Crippen LogP contribution in [0, 0.1) is 0 Å². The summed E-state index contributed by atoms with van der Waals surface area (Å²) in [5, 5.41) is 0. The van der Waals surface area contributed by atoms with Crippen LogP contribution < -0.4 is 0 Å². The van der Waals surface area contributed by atoms with Crippen molar-refractivity contribution >= 4 is 6.29 Å². The van der Waals surface area contributed by atoms with Gasteiger partial charge in [-0.15, -0.1) is 0 Å². The summed E-state index contributed by atoms with van der Waals surface area (Å²) in [7, 11) is 0. The van der Waals surface area contributed by atoms with E-state index in [2.05, 4.69) is 6.92 Å². The van der Waals surface area contributed by atoms with Crippen molar-refractivity contribution in [2.75, 3.05) is 0 Å². The Kier molecular flexibility index (Phi) is 31.4. The summed E-state index contributed by atoms with van der Waals surface area (Å²) in [4.78, 5) is 10.0. The fourth-order valence-corrected chi connectivity index (χ4v) is 2.57. The first kappa shape index (κ1) is 26.2. The van der Waals surface area contributed by atoms with Gasteiger partial charge in [-0.3, -0.25) is 6.29 Å². The summed E-state index contributed by atoms with van der Waals surface area (Å²) < 4.78 is 0. The van der Waals surface area contributed by atoms with Gasteiger partial charge in [0.05, 0.1) is 0 Å². The molecule has 124 valence electrons.